The van der Waals surface area contributed by atoms with E-state index in [9.17, 15) is 4.79 Å². The number of amides is 1. The number of alkyl carbamates (subject to hydrolysis) is 1. The van der Waals surface area contributed by atoms with Gasteiger partial charge in [0.1, 0.15) is 6.10 Å². The van der Waals surface area contributed by atoms with E-state index in [2.05, 4.69) is 5.32 Å². The van der Waals surface area contributed by atoms with Crippen LogP contribution in [0.1, 0.15) is 32.1 Å². The second kappa shape index (κ2) is 3.96. The van der Waals surface area contributed by atoms with Gasteiger partial charge < -0.3 is 9.47 Å². The number of rotatable bonds is 0. The third kappa shape index (κ3) is 2.12. The molecule has 2 atom stereocenters. The van der Waals surface area contributed by atoms with Crippen LogP contribution in [0.5, 0.6) is 0 Å². The third-order valence-corrected chi connectivity index (χ3v) is 2.54. The highest BCUT2D eigenvalue weighted by atomic mass is 16.6. The van der Waals surface area contributed by atoms with Gasteiger partial charge in [0.2, 0.25) is 0 Å². The molecule has 74 valence electrons. The van der Waals surface area contributed by atoms with Crippen LogP contribution in [-0.2, 0) is 9.47 Å². The Morgan fingerprint density at radius 1 is 1.23 bits per heavy atom. The topological polar surface area (TPSA) is 47.6 Å². The summed E-state index contributed by atoms with van der Waals surface area (Å²) >= 11 is 0. The van der Waals surface area contributed by atoms with Crippen molar-refractivity contribution in [1.82, 2.24) is 5.32 Å². The van der Waals surface area contributed by atoms with Crippen LogP contribution in [0.3, 0.4) is 0 Å². The quantitative estimate of drug-likeness (QED) is 0.620. The molecular formula is C9H15NO3. The van der Waals surface area contributed by atoms with Gasteiger partial charge in [-0.3, -0.25) is 5.32 Å². The molecular weight excluding hydrogens is 170 g/mol. The van der Waals surface area contributed by atoms with E-state index in [4.69, 9.17) is 9.47 Å². The zero-order valence-corrected chi connectivity index (χ0v) is 7.62. The van der Waals surface area contributed by atoms with E-state index in [-0.39, 0.29) is 18.4 Å². The number of ether oxygens (including phenoxy) is 2. The Balaban J connectivity index is 1.94. The van der Waals surface area contributed by atoms with Crippen LogP contribution >= 0.6 is 0 Å². The van der Waals surface area contributed by atoms with Crippen molar-refractivity contribution in [2.75, 3.05) is 6.61 Å². The predicted molar refractivity (Wildman–Crippen MR) is 46.2 cm³/mol. The number of carbonyl (C=O) groups excluding carboxylic acids is 1. The molecule has 2 unspecified atom stereocenters. The number of hydrogen-bond donors (Lipinski definition) is 1. The van der Waals surface area contributed by atoms with Gasteiger partial charge in [0.15, 0.2) is 6.23 Å². The molecule has 13 heavy (non-hydrogen) atoms. The van der Waals surface area contributed by atoms with Crippen LogP contribution in [0.2, 0.25) is 0 Å². The van der Waals surface area contributed by atoms with Crippen LogP contribution in [0.15, 0.2) is 0 Å². The minimum Gasteiger partial charge on any atom is -0.441 e. The average molecular weight is 185 g/mol. The molecule has 2 heterocycles. The molecule has 2 rings (SSSR count). The molecule has 0 radical (unpaired) electrons. The summed E-state index contributed by atoms with van der Waals surface area (Å²) in [7, 11) is 0. The van der Waals surface area contributed by atoms with Crippen LogP contribution in [-0.4, -0.2) is 25.0 Å². The molecule has 1 amide bonds. The molecule has 0 aromatic carbocycles. The van der Waals surface area contributed by atoms with Gasteiger partial charge >= 0.3 is 6.09 Å². The summed E-state index contributed by atoms with van der Waals surface area (Å²) < 4.78 is 10.6. The van der Waals surface area contributed by atoms with Crippen molar-refractivity contribution >= 4 is 6.09 Å². The van der Waals surface area contributed by atoms with E-state index in [1.54, 1.807) is 0 Å². The first kappa shape index (κ1) is 8.81. The molecule has 0 aliphatic carbocycles. The van der Waals surface area contributed by atoms with E-state index in [0.29, 0.717) is 0 Å². The third-order valence-electron chi connectivity index (χ3n) is 2.54. The fourth-order valence-corrected chi connectivity index (χ4v) is 1.81. The van der Waals surface area contributed by atoms with Gasteiger partial charge in [-0.15, -0.1) is 0 Å². The number of fused-ring (bicyclic) bond motifs is 1. The van der Waals surface area contributed by atoms with Gasteiger partial charge in [-0.05, 0) is 19.3 Å². The summed E-state index contributed by atoms with van der Waals surface area (Å²) in [4.78, 5) is 10.9. The lowest BCUT2D eigenvalue weighted by Gasteiger charge is -2.15. The monoisotopic (exact) mass is 185 g/mol. The van der Waals surface area contributed by atoms with Crippen LogP contribution in [0.25, 0.3) is 0 Å². The summed E-state index contributed by atoms with van der Waals surface area (Å²) in [5, 5.41) is 2.67. The fourth-order valence-electron chi connectivity index (χ4n) is 1.81. The Labute approximate surface area is 77.6 Å². The highest BCUT2D eigenvalue weighted by molar-refractivity contribution is 5.69. The number of carbonyl (C=O) groups is 1. The van der Waals surface area contributed by atoms with Gasteiger partial charge in [-0.2, -0.15) is 0 Å². The van der Waals surface area contributed by atoms with Gasteiger partial charge in [0.05, 0.1) is 0 Å². The van der Waals surface area contributed by atoms with Crippen LogP contribution in [0.4, 0.5) is 4.79 Å². The van der Waals surface area contributed by atoms with E-state index in [0.717, 1.165) is 25.9 Å². The second-order valence-corrected chi connectivity index (χ2v) is 3.58. The summed E-state index contributed by atoms with van der Waals surface area (Å²) in [5.74, 6) is 0. The van der Waals surface area contributed by atoms with Crippen molar-refractivity contribution in [3.63, 3.8) is 0 Å². The minimum atomic E-state index is -0.337. The maximum absolute atomic E-state index is 10.9. The molecule has 0 aromatic heterocycles. The SMILES string of the molecule is O=C1NC2OCCCCCCC2O1. The van der Waals surface area contributed by atoms with Gasteiger partial charge in [0.25, 0.3) is 0 Å². The van der Waals surface area contributed by atoms with E-state index in [1.807, 2.05) is 0 Å². The molecule has 2 aliphatic rings. The normalized spacial score (nSPS) is 34.9. The van der Waals surface area contributed by atoms with Crippen molar-refractivity contribution < 1.29 is 14.3 Å². The summed E-state index contributed by atoms with van der Waals surface area (Å²) in [6.45, 7) is 0.727. The molecule has 0 saturated carbocycles. The summed E-state index contributed by atoms with van der Waals surface area (Å²) in [6, 6.07) is 0. The lowest BCUT2D eigenvalue weighted by Crippen LogP contribution is -2.34. The second-order valence-electron chi connectivity index (χ2n) is 3.58. The number of hydrogen-bond acceptors (Lipinski definition) is 3. The Bertz CT molecular complexity index is 177. The highest BCUT2D eigenvalue weighted by Crippen LogP contribution is 2.19. The van der Waals surface area contributed by atoms with Gasteiger partial charge in [-0.1, -0.05) is 12.8 Å². The average Bonchev–Trinajstić information content (AvgIpc) is 2.46. The molecule has 0 bridgehead atoms. The Hall–Kier alpha value is -0.770. The molecule has 2 fully saturated rings. The Morgan fingerprint density at radius 2 is 2.08 bits per heavy atom. The van der Waals surface area contributed by atoms with E-state index < -0.39 is 0 Å². The maximum Gasteiger partial charge on any atom is 0.409 e. The van der Waals surface area contributed by atoms with Crippen molar-refractivity contribution in [3.8, 4) is 0 Å². The highest BCUT2D eigenvalue weighted by Gasteiger charge is 2.34. The van der Waals surface area contributed by atoms with Gasteiger partial charge in [-0.25, -0.2) is 4.79 Å². The molecule has 2 saturated heterocycles. The summed E-state index contributed by atoms with van der Waals surface area (Å²) in [6.07, 6.45) is 4.95. The van der Waals surface area contributed by atoms with Crippen molar-refractivity contribution in [1.29, 1.82) is 0 Å². The number of nitrogens with one attached hydrogen (secondary N) is 1. The van der Waals surface area contributed by atoms with Crippen molar-refractivity contribution in [2.45, 2.75) is 44.4 Å². The predicted octanol–water partition coefficient (Wildman–Crippen LogP) is 1.40. The van der Waals surface area contributed by atoms with Crippen molar-refractivity contribution in [2.24, 2.45) is 0 Å². The molecule has 1 N–H and O–H groups in total. The first-order valence-corrected chi connectivity index (χ1v) is 4.95. The molecule has 2 aliphatic heterocycles. The Morgan fingerprint density at radius 3 is 3.00 bits per heavy atom. The fraction of sp³-hybridized carbons (Fsp3) is 0.889. The zero-order chi connectivity index (χ0) is 9.10. The van der Waals surface area contributed by atoms with Crippen molar-refractivity contribution in [3.05, 3.63) is 0 Å². The molecule has 4 nitrogen and oxygen atoms in total. The molecule has 0 spiro atoms. The first-order chi connectivity index (χ1) is 6.36. The molecule has 4 heteroatoms. The van der Waals surface area contributed by atoms with E-state index in [1.165, 1.54) is 12.8 Å². The molecule has 0 aromatic rings. The maximum atomic E-state index is 10.9. The Kier molecular flexibility index (Phi) is 2.68. The zero-order valence-electron chi connectivity index (χ0n) is 7.62. The summed E-state index contributed by atoms with van der Waals surface area (Å²) in [5.41, 5.74) is 0. The standard InChI is InChI=1S/C9H15NO3/c11-9-10-8-7(13-9)5-3-1-2-4-6-12-8/h7-8H,1-6H2,(H,10,11). The van der Waals surface area contributed by atoms with Crippen LogP contribution < -0.4 is 5.32 Å². The smallest absolute Gasteiger partial charge is 0.409 e. The van der Waals surface area contributed by atoms with Gasteiger partial charge in [0, 0.05) is 6.61 Å². The lowest BCUT2D eigenvalue weighted by atomic mass is 10.1. The van der Waals surface area contributed by atoms with E-state index >= 15 is 0 Å². The lowest BCUT2D eigenvalue weighted by molar-refractivity contribution is -0.00933. The van der Waals surface area contributed by atoms with Crippen LogP contribution in [0, 0.1) is 0 Å². The minimum absolute atomic E-state index is 0.0643. The largest absolute Gasteiger partial charge is 0.441 e. The first-order valence-electron chi connectivity index (χ1n) is 4.95.